The van der Waals surface area contributed by atoms with Crippen LogP contribution < -0.4 is 10.6 Å². The second-order valence-corrected chi connectivity index (χ2v) is 9.79. The molecule has 0 bridgehead atoms. The molecule has 2 N–H and O–H groups in total. The molecule has 184 valence electrons. The smallest absolute Gasteiger partial charge is 0.255 e. The zero-order valence-corrected chi connectivity index (χ0v) is 20.2. The van der Waals surface area contributed by atoms with Gasteiger partial charge in [-0.05, 0) is 37.1 Å². The number of likely N-dealkylation sites (N-methyl/N-ethyl adjacent to an activating group) is 1. The van der Waals surface area contributed by atoms with Crippen molar-refractivity contribution in [3.63, 3.8) is 0 Å². The van der Waals surface area contributed by atoms with Gasteiger partial charge in [0.1, 0.15) is 6.04 Å². The van der Waals surface area contributed by atoms with E-state index in [4.69, 9.17) is 0 Å². The van der Waals surface area contributed by atoms with Crippen LogP contribution in [0.15, 0.2) is 54.6 Å². The average molecular weight is 476 g/mol. The van der Waals surface area contributed by atoms with Crippen molar-refractivity contribution in [1.29, 1.82) is 0 Å². The summed E-state index contributed by atoms with van der Waals surface area (Å²) in [5.41, 5.74) is 2.35. The number of carbonyl (C=O) groups is 3. The van der Waals surface area contributed by atoms with Gasteiger partial charge in [-0.1, -0.05) is 48.5 Å². The molecule has 0 spiro atoms. The number of hydrogen-bond acceptors (Lipinski definition) is 5. The van der Waals surface area contributed by atoms with Crippen LogP contribution in [0.25, 0.3) is 0 Å². The maximum atomic E-state index is 13.2. The summed E-state index contributed by atoms with van der Waals surface area (Å²) in [5, 5.41) is 5.92. The lowest BCUT2D eigenvalue weighted by Gasteiger charge is -2.35. The van der Waals surface area contributed by atoms with Crippen molar-refractivity contribution in [2.24, 2.45) is 0 Å². The highest BCUT2D eigenvalue weighted by molar-refractivity contribution is 6.05. The molecule has 2 atom stereocenters. The molecule has 35 heavy (non-hydrogen) atoms. The van der Waals surface area contributed by atoms with E-state index >= 15 is 0 Å². The Hall–Kier alpha value is -3.23. The first-order chi connectivity index (χ1) is 17.0. The first-order valence-corrected chi connectivity index (χ1v) is 12.5. The molecule has 8 nitrogen and oxygen atoms in total. The van der Waals surface area contributed by atoms with Gasteiger partial charge in [-0.25, -0.2) is 0 Å². The summed E-state index contributed by atoms with van der Waals surface area (Å²) >= 11 is 0. The fourth-order valence-corrected chi connectivity index (χ4v) is 5.05. The fourth-order valence-electron chi connectivity index (χ4n) is 5.05. The van der Waals surface area contributed by atoms with Gasteiger partial charge in [-0.15, -0.1) is 0 Å². The van der Waals surface area contributed by atoms with Crippen LogP contribution in [0.4, 0.5) is 0 Å². The Morgan fingerprint density at radius 3 is 2.37 bits per heavy atom. The highest BCUT2D eigenvalue weighted by Gasteiger charge is 2.47. The van der Waals surface area contributed by atoms with Gasteiger partial charge in [0.05, 0.1) is 12.6 Å². The lowest BCUT2D eigenvalue weighted by Crippen LogP contribution is -2.49. The third-order valence-electron chi connectivity index (χ3n) is 7.18. The van der Waals surface area contributed by atoms with Crippen LogP contribution in [0.5, 0.6) is 0 Å². The van der Waals surface area contributed by atoms with E-state index in [2.05, 4.69) is 27.5 Å². The molecule has 2 unspecified atom stereocenters. The predicted molar refractivity (Wildman–Crippen MR) is 133 cm³/mol. The van der Waals surface area contributed by atoms with Crippen LogP contribution in [-0.4, -0.2) is 84.8 Å². The minimum absolute atomic E-state index is 0.0935. The van der Waals surface area contributed by atoms with Gasteiger partial charge in [0.25, 0.3) is 5.91 Å². The van der Waals surface area contributed by atoms with Gasteiger partial charge in [0, 0.05) is 44.3 Å². The van der Waals surface area contributed by atoms with Gasteiger partial charge in [-0.3, -0.25) is 19.3 Å². The zero-order valence-electron chi connectivity index (χ0n) is 20.2. The SMILES string of the molecule is CN1CCN(CC(NC(=O)CNC(=O)C2c3ccccc3C(=O)N2C2CC2)c2ccccc2)CC1. The molecule has 0 aromatic heterocycles. The van der Waals surface area contributed by atoms with Crippen molar-refractivity contribution in [3.8, 4) is 0 Å². The van der Waals surface area contributed by atoms with Gasteiger partial charge in [0.2, 0.25) is 11.8 Å². The van der Waals surface area contributed by atoms with Crippen molar-refractivity contribution in [1.82, 2.24) is 25.3 Å². The van der Waals surface area contributed by atoms with E-state index in [-0.39, 0.29) is 36.3 Å². The second-order valence-electron chi connectivity index (χ2n) is 9.79. The lowest BCUT2D eigenvalue weighted by atomic mass is 10.0. The lowest BCUT2D eigenvalue weighted by molar-refractivity contribution is -0.129. The van der Waals surface area contributed by atoms with Crippen LogP contribution in [0.1, 0.15) is 46.4 Å². The van der Waals surface area contributed by atoms with Crippen LogP contribution >= 0.6 is 0 Å². The number of piperazine rings is 1. The number of benzene rings is 2. The molecular formula is C27H33N5O3. The van der Waals surface area contributed by atoms with Crippen molar-refractivity contribution < 1.29 is 14.4 Å². The summed E-state index contributed by atoms with van der Waals surface area (Å²) in [4.78, 5) is 45.4. The number of hydrogen-bond donors (Lipinski definition) is 2. The normalized spacial score (nSPS) is 21.5. The zero-order chi connectivity index (χ0) is 24.4. The third kappa shape index (κ3) is 5.23. The van der Waals surface area contributed by atoms with E-state index in [9.17, 15) is 14.4 Å². The number of nitrogens with zero attached hydrogens (tertiary/aromatic N) is 3. The molecule has 2 aromatic rings. The largest absolute Gasteiger partial charge is 0.346 e. The van der Waals surface area contributed by atoms with E-state index < -0.39 is 6.04 Å². The average Bonchev–Trinajstić information content (AvgIpc) is 3.67. The van der Waals surface area contributed by atoms with Gasteiger partial charge in [0.15, 0.2) is 0 Å². The van der Waals surface area contributed by atoms with E-state index in [1.165, 1.54) is 0 Å². The quantitative estimate of drug-likeness (QED) is 0.606. The molecule has 5 rings (SSSR count). The number of rotatable bonds is 8. The van der Waals surface area contributed by atoms with Crippen LogP contribution in [-0.2, 0) is 9.59 Å². The first kappa shape index (κ1) is 23.5. The fraction of sp³-hybridized carbons (Fsp3) is 0.444. The highest BCUT2D eigenvalue weighted by Crippen LogP contribution is 2.41. The molecule has 1 saturated carbocycles. The van der Waals surface area contributed by atoms with Gasteiger partial charge in [-0.2, -0.15) is 0 Å². The number of fused-ring (bicyclic) bond motifs is 1. The Balaban J connectivity index is 1.23. The molecule has 1 aliphatic carbocycles. The van der Waals surface area contributed by atoms with E-state index in [1.54, 1.807) is 11.0 Å². The molecule has 2 aliphatic heterocycles. The first-order valence-electron chi connectivity index (χ1n) is 12.5. The Morgan fingerprint density at radius 2 is 1.66 bits per heavy atom. The molecule has 2 aromatic carbocycles. The number of nitrogens with one attached hydrogen (secondary N) is 2. The second kappa shape index (κ2) is 10.2. The summed E-state index contributed by atoms with van der Waals surface area (Å²) in [6, 6.07) is 16.5. The minimum Gasteiger partial charge on any atom is -0.346 e. The topological polar surface area (TPSA) is 85.0 Å². The summed E-state index contributed by atoms with van der Waals surface area (Å²) in [6.07, 6.45) is 1.82. The molecule has 3 aliphatic rings. The molecular weight excluding hydrogens is 442 g/mol. The number of amides is 3. The summed E-state index contributed by atoms with van der Waals surface area (Å²) in [7, 11) is 2.12. The van der Waals surface area contributed by atoms with Crippen molar-refractivity contribution in [3.05, 3.63) is 71.3 Å². The molecule has 3 amide bonds. The maximum Gasteiger partial charge on any atom is 0.255 e. The molecule has 1 saturated heterocycles. The van der Waals surface area contributed by atoms with Crippen molar-refractivity contribution in [2.45, 2.75) is 31.0 Å². The summed E-state index contributed by atoms with van der Waals surface area (Å²) < 4.78 is 0. The Morgan fingerprint density at radius 1 is 0.971 bits per heavy atom. The summed E-state index contributed by atoms with van der Waals surface area (Å²) in [5.74, 6) is -0.637. The van der Waals surface area contributed by atoms with E-state index in [0.29, 0.717) is 5.56 Å². The van der Waals surface area contributed by atoms with Crippen LogP contribution in [0.2, 0.25) is 0 Å². The number of carbonyl (C=O) groups excluding carboxylic acids is 3. The molecule has 8 heteroatoms. The molecule has 2 fully saturated rings. The Labute approximate surface area is 206 Å². The van der Waals surface area contributed by atoms with E-state index in [0.717, 1.165) is 56.7 Å². The standard InChI is InChI=1S/C27H33N5O3/c1-30-13-15-31(16-14-30)18-23(19-7-3-2-4-8-19)29-24(33)17-28-26(34)25-21-9-5-6-10-22(21)27(35)32(25)20-11-12-20/h2-10,20,23,25H,11-18H2,1H3,(H,28,34)(H,29,33). The van der Waals surface area contributed by atoms with Gasteiger partial charge < -0.3 is 20.4 Å². The Bertz CT molecular complexity index is 1080. The predicted octanol–water partition coefficient (Wildman–Crippen LogP) is 1.57. The van der Waals surface area contributed by atoms with Gasteiger partial charge >= 0.3 is 0 Å². The maximum absolute atomic E-state index is 13.2. The highest BCUT2D eigenvalue weighted by atomic mass is 16.2. The summed E-state index contributed by atoms with van der Waals surface area (Å²) in [6.45, 7) is 4.51. The van der Waals surface area contributed by atoms with Crippen LogP contribution in [0, 0.1) is 0 Å². The van der Waals surface area contributed by atoms with Crippen LogP contribution in [0.3, 0.4) is 0 Å². The van der Waals surface area contributed by atoms with Crippen molar-refractivity contribution >= 4 is 17.7 Å². The molecule has 2 heterocycles. The van der Waals surface area contributed by atoms with Crippen molar-refractivity contribution in [2.75, 3.05) is 46.3 Å². The molecule has 0 radical (unpaired) electrons. The third-order valence-corrected chi connectivity index (χ3v) is 7.18. The Kier molecular flexibility index (Phi) is 6.83. The monoisotopic (exact) mass is 475 g/mol. The minimum atomic E-state index is -0.672. The van der Waals surface area contributed by atoms with E-state index in [1.807, 2.05) is 48.5 Å².